The molecule has 2 amide bonds. The van der Waals surface area contributed by atoms with Crippen molar-refractivity contribution < 1.29 is 9.59 Å². The smallest absolute Gasteiger partial charge is 0.240 e. The molecular formula is C18H23N3O2. The predicted octanol–water partition coefficient (Wildman–Crippen LogP) is 2.08. The number of aromatic nitrogens is 1. The van der Waals surface area contributed by atoms with Gasteiger partial charge in [-0.15, -0.1) is 0 Å². The van der Waals surface area contributed by atoms with Crippen LogP contribution in [-0.4, -0.2) is 40.4 Å². The van der Waals surface area contributed by atoms with E-state index in [1.54, 1.807) is 6.92 Å². The number of benzene rings is 1. The summed E-state index contributed by atoms with van der Waals surface area (Å²) in [6.07, 6.45) is 1.66. The van der Waals surface area contributed by atoms with Crippen LogP contribution in [0.15, 0.2) is 30.3 Å². The molecule has 1 aliphatic heterocycles. The molecule has 23 heavy (non-hydrogen) atoms. The average Bonchev–Trinajstić information content (AvgIpc) is 2.84. The summed E-state index contributed by atoms with van der Waals surface area (Å²) < 4.78 is 2.05. The minimum atomic E-state index is 0.0377. The Morgan fingerprint density at radius 2 is 1.91 bits per heavy atom. The van der Waals surface area contributed by atoms with Gasteiger partial charge in [-0.2, -0.15) is 0 Å². The maximum absolute atomic E-state index is 12.4. The third kappa shape index (κ3) is 3.38. The Labute approximate surface area is 136 Å². The monoisotopic (exact) mass is 313 g/mol. The second kappa shape index (κ2) is 6.44. The van der Waals surface area contributed by atoms with Gasteiger partial charge in [0.15, 0.2) is 0 Å². The van der Waals surface area contributed by atoms with Crippen LogP contribution in [0.3, 0.4) is 0 Å². The number of hydrogen-bond donors (Lipinski definition) is 1. The molecule has 0 atom stereocenters. The van der Waals surface area contributed by atoms with Gasteiger partial charge >= 0.3 is 0 Å². The van der Waals surface area contributed by atoms with Crippen molar-refractivity contribution in [2.45, 2.75) is 39.3 Å². The molecule has 1 aliphatic rings. The lowest BCUT2D eigenvalue weighted by molar-refractivity contribution is -0.130. The number of fused-ring (bicyclic) bond motifs is 1. The number of piperidine rings is 1. The highest BCUT2D eigenvalue weighted by molar-refractivity contribution is 5.84. The van der Waals surface area contributed by atoms with Crippen LogP contribution < -0.4 is 5.32 Å². The first kappa shape index (κ1) is 15.6. The Bertz CT molecular complexity index is 727. The van der Waals surface area contributed by atoms with Gasteiger partial charge in [0.05, 0.1) is 0 Å². The van der Waals surface area contributed by atoms with E-state index in [9.17, 15) is 9.59 Å². The molecule has 122 valence electrons. The Hall–Kier alpha value is -2.30. The fourth-order valence-electron chi connectivity index (χ4n) is 3.31. The summed E-state index contributed by atoms with van der Waals surface area (Å²) >= 11 is 0. The number of likely N-dealkylation sites (tertiary alicyclic amines) is 1. The summed E-state index contributed by atoms with van der Waals surface area (Å²) in [5.41, 5.74) is 2.18. The van der Waals surface area contributed by atoms with Gasteiger partial charge < -0.3 is 14.8 Å². The Morgan fingerprint density at radius 1 is 1.22 bits per heavy atom. The van der Waals surface area contributed by atoms with Crippen LogP contribution in [0.5, 0.6) is 0 Å². The van der Waals surface area contributed by atoms with Crippen LogP contribution in [0.4, 0.5) is 0 Å². The van der Waals surface area contributed by atoms with Crippen molar-refractivity contribution >= 4 is 22.7 Å². The number of nitrogens with zero attached hydrogens (tertiary/aromatic N) is 2. The molecule has 5 nitrogen and oxygen atoms in total. The highest BCUT2D eigenvalue weighted by Crippen LogP contribution is 2.19. The number of carbonyl (C=O) groups excluding carboxylic acids is 2. The van der Waals surface area contributed by atoms with E-state index in [2.05, 4.69) is 22.0 Å². The Balaban J connectivity index is 1.61. The molecule has 1 saturated heterocycles. The van der Waals surface area contributed by atoms with E-state index in [1.165, 1.54) is 0 Å². The second-order valence-corrected chi connectivity index (χ2v) is 6.28. The molecule has 0 bridgehead atoms. The lowest BCUT2D eigenvalue weighted by atomic mass is 10.1. The summed E-state index contributed by atoms with van der Waals surface area (Å²) in [5, 5.41) is 4.27. The van der Waals surface area contributed by atoms with E-state index >= 15 is 0 Å². The SMILES string of the molecule is CC(=O)N1CCC(NC(=O)Cn2c(C)cc3ccccc32)CC1. The first-order valence-corrected chi connectivity index (χ1v) is 8.14. The van der Waals surface area contributed by atoms with Crippen molar-refractivity contribution in [3.8, 4) is 0 Å². The molecule has 0 unspecified atom stereocenters. The highest BCUT2D eigenvalue weighted by Gasteiger charge is 2.22. The van der Waals surface area contributed by atoms with Crippen LogP contribution in [-0.2, 0) is 16.1 Å². The van der Waals surface area contributed by atoms with Gasteiger partial charge in [-0.25, -0.2) is 0 Å². The standard InChI is InChI=1S/C18H23N3O2/c1-13-11-15-5-3-4-6-17(15)21(13)12-18(23)19-16-7-9-20(10-8-16)14(2)22/h3-6,11,16H,7-10,12H2,1-2H3,(H,19,23). The molecule has 1 N–H and O–H groups in total. The lowest BCUT2D eigenvalue weighted by Crippen LogP contribution is -2.46. The minimum absolute atomic E-state index is 0.0377. The van der Waals surface area contributed by atoms with E-state index in [0.717, 1.165) is 42.5 Å². The molecular weight excluding hydrogens is 290 g/mol. The van der Waals surface area contributed by atoms with Crippen molar-refractivity contribution in [1.29, 1.82) is 0 Å². The topological polar surface area (TPSA) is 54.3 Å². The molecule has 2 aromatic rings. The maximum Gasteiger partial charge on any atom is 0.240 e. The first-order chi connectivity index (χ1) is 11.0. The Morgan fingerprint density at radius 3 is 2.61 bits per heavy atom. The van der Waals surface area contributed by atoms with Gasteiger partial charge in [-0.3, -0.25) is 9.59 Å². The lowest BCUT2D eigenvalue weighted by Gasteiger charge is -2.31. The molecule has 0 saturated carbocycles. The van der Waals surface area contributed by atoms with Gasteiger partial charge in [-0.05, 0) is 37.3 Å². The number of para-hydroxylation sites is 1. The third-order valence-corrected chi connectivity index (χ3v) is 4.62. The summed E-state index contributed by atoms with van der Waals surface area (Å²) in [6, 6.07) is 10.4. The first-order valence-electron chi connectivity index (χ1n) is 8.14. The predicted molar refractivity (Wildman–Crippen MR) is 90.1 cm³/mol. The zero-order valence-corrected chi connectivity index (χ0v) is 13.7. The summed E-state index contributed by atoms with van der Waals surface area (Å²) in [7, 11) is 0. The zero-order valence-electron chi connectivity index (χ0n) is 13.7. The fourth-order valence-corrected chi connectivity index (χ4v) is 3.31. The van der Waals surface area contributed by atoms with Crippen LogP contribution >= 0.6 is 0 Å². The van der Waals surface area contributed by atoms with Crippen molar-refractivity contribution in [1.82, 2.24) is 14.8 Å². The van der Waals surface area contributed by atoms with Crippen LogP contribution in [0.1, 0.15) is 25.5 Å². The molecule has 1 fully saturated rings. The van der Waals surface area contributed by atoms with E-state index < -0.39 is 0 Å². The molecule has 0 radical (unpaired) electrons. The zero-order chi connectivity index (χ0) is 16.4. The van der Waals surface area contributed by atoms with E-state index in [4.69, 9.17) is 0 Å². The minimum Gasteiger partial charge on any atom is -0.352 e. The van der Waals surface area contributed by atoms with Crippen molar-refractivity contribution in [3.63, 3.8) is 0 Å². The molecule has 2 heterocycles. The number of rotatable bonds is 3. The van der Waals surface area contributed by atoms with E-state index in [-0.39, 0.29) is 17.9 Å². The number of aryl methyl sites for hydroxylation is 1. The quantitative estimate of drug-likeness (QED) is 0.943. The van der Waals surface area contributed by atoms with Gasteiger partial charge in [0.1, 0.15) is 6.54 Å². The average molecular weight is 313 g/mol. The van der Waals surface area contributed by atoms with Crippen LogP contribution in [0.25, 0.3) is 10.9 Å². The molecule has 1 aromatic heterocycles. The maximum atomic E-state index is 12.4. The van der Waals surface area contributed by atoms with Crippen molar-refractivity contribution in [2.24, 2.45) is 0 Å². The van der Waals surface area contributed by atoms with Gasteiger partial charge in [0.2, 0.25) is 11.8 Å². The summed E-state index contributed by atoms with van der Waals surface area (Å²) in [6.45, 7) is 5.42. The second-order valence-electron chi connectivity index (χ2n) is 6.28. The third-order valence-electron chi connectivity index (χ3n) is 4.62. The van der Waals surface area contributed by atoms with Crippen molar-refractivity contribution in [2.75, 3.05) is 13.1 Å². The fraction of sp³-hybridized carbons (Fsp3) is 0.444. The van der Waals surface area contributed by atoms with E-state index in [0.29, 0.717) is 6.54 Å². The van der Waals surface area contributed by atoms with E-state index in [1.807, 2.05) is 30.0 Å². The summed E-state index contributed by atoms with van der Waals surface area (Å²) in [4.78, 5) is 25.6. The van der Waals surface area contributed by atoms with Gasteiger partial charge in [-0.1, -0.05) is 18.2 Å². The Kier molecular flexibility index (Phi) is 4.37. The van der Waals surface area contributed by atoms with Gasteiger partial charge in [0.25, 0.3) is 0 Å². The molecule has 3 rings (SSSR count). The summed E-state index contributed by atoms with van der Waals surface area (Å²) in [5.74, 6) is 0.153. The number of hydrogen-bond acceptors (Lipinski definition) is 2. The highest BCUT2D eigenvalue weighted by atomic mass is 16.2. The normalized spacial score (nSPS) is 15.8. The molecule has 5 heteroatoms. The molecule has 0 aliphatic carbocycles. The largest absolute Gasteiger partial charge is 0.352 e. The van der Waals surface area contributed by atoms with Gasteiger partial charge in [0, 0.05) is 37.3 Å². The number of carbonyl (C=O) groups is 2. The molecule has 1 aromatic carbocycles. The number of nitrogens with one attached hydrogen (secondary N) is 1. The molecule has 0 spiro atoms. The number of amides is 2. The van der Waals surface area contributed by atoms with Crippen molar-refractivity contribution in [3.05, 3.63) is 36.0 Å². The van der Waals surface area contributed by atoms with Crippen LogP contribution in [0, 0.1) is 6.92 Å². The van der Waals surface area contributed by atoms with Crippen LogP contribution in [0.2, 0.25) is 0 Å².